The number of aromatic nitrogens is 1. The van der Waals surface area contributed by atoms with Crippen LogP contribution in [0.4, 0.5) is 0 Å². The lowest BCUT2D eigenvalue weighted by molar-refractivity contribution is 0.601. The first kappa shape index (κ1) is 24.8. The monoisotopic (exact) mass is 536 g/mol. The van der Waals surface area contributed by atoms with E-state index in [1.54, 1.807) is 24.5 Å². The van der Waals surface area contributed by atoms with Crippen LogP contribution in [0.25, 0.3) is 0 Å². The molecule has 6 nitrogen and oxygen atoms in total. The summed E-state index contributed by atoms with van der Waals surface area (Å²) in [5, 5.41) is 7.70. The highest BCUT2D eigenvalue weighted by atomic mass is 127. The summed E-state index contributed by atoms with van der Waals surface area (Å²) in [6.07, 6.45) is 4.14. The minimum atomic E-state index is -3.19. The van der Waals surface area contributed by atoms with Crippen LogP contribution in [0, 0.1) is 12.8 Å². The van der Waals surface area contributed by atoms with E-state index < -0.39 is 9.84 Å². The quantitative estimate of drug-likeness (QED) is 0.322. The van der Waals surface area contributed by atoms with Gasteiger partial charge in [0.05, 0.1) is 16.4 Å². The van der Waals surface area contributed by atoms with Gasteiger partial charge >= 0.3 is 0 Å². The van der Waals surface area contributed by atoms with Gasteiger partial charge < -0.3 is 10.6 Å². The zero-order valence-electron chi connectivity index (χ0n) is 16.9. The summed E-state index contributed by atoms with van der Waals surface area (Å²) < 4.78 is 23.4. The first-order chi connectivity index (χ1) is 12.7. The number of nitrogens with zero attached hydrogens (tertiary/aromatic N) is 2. The molecule has 0 saturated heterocycles. The molecule has 9 heteroatoms. The first-order valence-electron chi connectivity index (χ1n) is 8.86. The standard InChI is InChI=1S/C19H28N4O2S2.HI/c1-13(2)8-18-21-11-16(26-18)12-23-19(20-4)22-10-15-6-7-17(14(3)9-15)27(5,24)25;/h6-7,9,11,13H,8,10,12H2,1-5H3,(H2,20,22,23);1H. The topological polar surface area (TPSA) is 83.5 Å². The highest BCUT2D eigenvalue weighted by Crippen LogP contribution is 2.17. The fourth-order valence-electron chi connectivity index (χ4n) is 2.69. The largest absolute Gasteiger partial charge is 0.352 e. The number of rotatable bonds is 7. The van der Waals surface area contributed by atoms with E-state index in [-0.39, 0.29) is 24.0 Å². The molecule has 1 aromatic heterocycles. The molecule has 0 unspecified atom stereocenters. The predicted octanol–water partition coefficient (Wildman–Crippen LogP) is 3.54. The van der Waals surface area contributed by atoms with E-state index in [4.69, 9.17) is 0 Å². The molecule has 0 aliphatic heterocycles. The Morgan fingerprint density at radius 2 is 1.93 bits per heavy atom. The number of hydrogen-bond acceptors (Lipinski definition) is 5. The molecule has 156 valence electrons. The Morgan fingerprint density at radius 1 is 1.25 bits per heavy atom. The van der Waals surface area contributed by atoms with Crippen LogP contribution in [0.3, 0.4) is 0 Å². The second-order valence-corrected chi connectivity index (χ2v) is 10.2. The molecule has 1 aromatic carbocycles. The van der Waals surface area contributed by atoms with E-state index in [1.165, 1.54) is 11.1 Å². The first-order valence-corrected chi connectivity index (χ1v) is 11.6. The van der Waals surface area contributed by atoms with Gasteiger partial charge in [0.2, 0.25) is 0 Å². The summed E-state index contributed by atoms with van der Waals surface area (Å²) in [6.45, 7) is 7.42. The summed E-state index contributed by atoms with van der Waals surface area (Å²) in [6, 6.07) is 5.37. The number of aliphatic imine (C=N–C) groups is 1. The highest BCUT2D eigenvalue weighted by molar-refractivity contribution is 14.0. The summed E-state index contributed by atoms with van der Waals surface area (Å²) in [7, 11) is -1.47. The zero-order valence-corrected chi connectivity index (χ0v) is 20.9. The molecule has 0 saturated carbocycles. The predicted molar refractivity (Wildman–Crippen MR) is 127 cm³/mol. The van der Waals surface area contributed by atoms with Crippen LogP contribution >= 0.6 is 35.3 Å². The van der Waals surface area contributed by atoms with Crippen molar-refractivity contribution in [2.75, 3.05) is 13.3 Å². The van der Waals surface area contributed by atoms with Gasteiger partial charge in [0.1, 0.15) is 0 Å². The molecular formula is C19H29IN4O2S2. The third-order valence-electron chi connectivity index (χ3n) is 3.94. The number of hydrogen-bond donors (Lipinski definition) is 2. The van der Waals surface area contributed by atoms with E-state index in [1.807, 2.05) is 25.3 Å². The number of thiazole rings is 1. The fourth-order valence-corrected chi connectivity index (χ4v) is 4.72. The van der Waals surface area contributed by atoms with Crippen LogP contribution < -0.4 is 10.6 Å². The maximum absolute atomic E-state index is 11.7. The van der Waals surface area contributed by atoms with Crippen molar-refractivity contribution in [2.45, 2.75) is 45.2 Å². The van der Waals surface area contributed by atoms with Crippen molar-refractivity contribution in [2.24, 2.45) is 10.9 Å². The molecule has 2 N–H and O–H groups in total. The summed E-state index contributed by atoms with van der Waals surface area (Å²) >= 11 is 1.72. The molecule has 28 heavy (non-hydrogen) atoms. The zero-order chi connectivity index (χ0) is 20.0. The molecule has 2 aromatic rings. The van der Waals surface area contributed by atoms with Gasteiger partial charge in [-0.2, -0.15) is 0 Å². The van der Waals surface area contributed by atoms with Crippen molar-refractivity contribution in [1.82, 2.24) is 15.6 Å². The van der Waals surface area contributed by atoms with Gasteiger partial charge in [-0.05, 0) is 30.0 Å². The minimum absolute atomic E-state index is 0. The summed E-state index contributed by atoms with van der Waals surface area (Å²) in [5.74, 6) is 1.29. The molecule has 1 heterocycles. The molecule has 0 bridgehead atoms. The average molecular weight is 537 g/mol. The Bertz CT molecular complexity index is 908. The van der Waals surface area contributed by atoms with Crippen molar-refractivity contribution in [1.29, 1.82) is 0 Å². The molecule has 0 spiro atoms. The van der Waals surface area contributed by atoms with Crippen molar-refractivity contribution in [3.05, 3.63) is 45.4 Å². The van der Waals surface area contributed by atoms with Gasteiger partial charge in [0.25, 0.3) is 0 Å². The van der Waals surface area contributed by atoms with Gasteiger partial charge in [0.15, 0.2) is 15.8 Å². The molecule has 0 amide bonds. The lowest BCUT2D eigenvalue weighted by atomic mass is 10.1. The van der Waals surface area contributed by atoms with Crippen LogP contribution in [0.15, 0.2) is 34.3 Å². The lowest BCUT2D eigenvalue weighted by Gasteiger charge is -2.12. The Balaban J connectivity index is 0.00000392. The molecule has 0 atom stereocenters. The van der Waals surface area contributed by atoms with Crippen LogP contribution in [-0.4, -0.2) is 32.7 Å². The van der Waals surface area contributed by atoms with E-state index >= 15 is 0 Å². The Morgan fingerprint density at radius 3 is 2.50 bits per heavy atom. The van der Waals surface area contributed by atoms with Gasteiger partial charge in [-0.25, -0.2) is 13.4 Å². The highest BCUT2D eigenvalue weighted by Gasteiger charge is 2.11. The number of aryl methyl sites for hydroxylation is 1. The van der Waals surface area contributed by atoms with Gasteiger partial charge in [-0.15, -0.1) is 35.3 Å². The van der Waals surface area contributed by atoms with Crippen LogP contribution in [0.2, 0.25) is 0 Å². The molecule has 0 aliphatic carbocycles. The molecule has 0 fully saturated rings. The van der Waals surface area contributed by atoms with Crippen molar-refractivity contribution in [3.63, 3.8) is 0 Å². The maximum Gasteiger partial charge on any atom is 0.191 e. The van der Waals surface area contributed by atoms with E-state index in [0.717, 1.165) is 22.6 Å². The van der Waals surface area contributed by atoms with Crippen molar-refractivity contribution < 1.29 is 8.42 Å². The van der Waals surface area contributed by atoms with Crippen LogP contribution in [0.5, 0.6) is 0 Å². The van der Waals surface area contributed by atoms with Gasteiger partial charge in [-0.1, -0.05) is 26.0 Å². The number of sulfone groups is 1. The van der Waals surface area contributed by atoms with E-state index in [2.05, 4.69) is 34.5 Å². The van der Waals surface area contributed by atoms with E-state index in [0.29, 0.717) is 29.9 Å². The molecule has 2 rings (SSSR count). The van der Waals surface area contributed by atoms with E-state index in [9.17, 15) is 8.42 Å². The normalized spacial score (nSPS) is 12.0. The Kier molecular flexibility index (Phi) is 9.85. The average Bonchev–Trinajstić information content (AvgIpc) is 3.00. The lowest BCUT2D eigenvalue weighted by Crippen LogP contribution is -2.36. The second kappa shape index (κ2) is 11.1. The fraction of sp³-hybridized carbons (Fsp3) is 0.474. The third-order valence-corrected chi connectivity index (χ3v) is 6.21. The van der Waals surface area contributed by atoms with Crippen LogP contribution in [-0.2, 0) is 29.3 Å². The maximum atomic E-state index is 11.7. The van der Waals surface area contributed by atoms with Gasteiger partial charge in [0, 0.05) is 37.3 Å². The van der Waals surface area contributed by atoms with Crippen molar-refractivity contribution in [3.8, 4) is 0 Å². The Hall–Kier alpha value is -1.20. The number of guanidine groups is 1. The second-order valence-electron chi connectivity index (χ2n) is 6.97. The van der Waals surface area contributed by atoms with Crippen molar-refractivity contribution >= 4 is 51.1 Å². The van der Waals surface area contributed by atoms with Crippen LogP contribution in [0.1, 0.15) is 34.9 Å². The smallest absolute Gasteiger partial charge is 0.191 e. The number of halogens is 1. The number of nitrogens with one attached hydrogen (secondary N) is 2. The third kappa shape index (κ3) is 7.67. The number of benzene rings is 1. The SMILES string of the molecule is CN=C(NCc1ccc(S(C)(=O)=O)c(C)c1)NCc1cnc(CC(C)C)s1.I. The Labute approximate surface area is 189 Å². The minimum Gasteiger partial charge on any atom is -0.352 e. The summed E-state index contributed by atoms with van der Waals surface area (Å²) in [5.41, 5.74) is 1.75. The van der Waals surface area contributed by atoms with Gasteiger partial charge in [-0.3, -0.25) is 4.99 Å². The molecular weight excluding hydrogens is 507 g/mol. The molecule has 0 radical (unpaired) electrons. The summed E-state index contributed by atoms with van der Waals surface area (Å²) in [4.78, 5) is 10.2. The molecule has 0 aliphatic rings.